The Morgan fingerprint density at radius 3 is 2.50 bits per heavy atom. The maximum atomic E-state index is 10.3. The van der Waals surface area contributed by atoms with Crippen molar-refractivity contribution < 1.29 is 17.8 Å². The fraction of sp³-hybridized carbons (Fsp3) is 0.333. The molecule has 56 valence electrons. The van der Waals surface area contributed by atoms with E-state index in [1.807, 2.05) is 0 Å². The lowest BCUT2D eigenvalue weighted by Gasteiger charge is -2.05. The molecule has 6 nitrogen and oxygen atoms in total. The van der Waals surface area contributed by atoms with Crippen molar-refractivity contribution in [3.8, 4) is 0 Å². The van der Waals surface area contributed by atoms with Gasteiger partial charge in [-0.15, -0.1) is 0 Å². The van der Waals surface area contributed by atoms with E-state index in [-0.39, 0.29) is 0 Å². The first-order chi connectivity index (χ1) is 4.50. The zero-order valence-electron chi connectivity index (χ0n) is 4.76. The maximum absolute atomic E-state index is 10.3. The van der Waals surface area contributed by atoms with Crippen molar-refractivity contribution in [3.05, 3.63) is 0 Å². The van der Waals surface area contributed by atoms with Crippen LogP contribution in [0.1, 0.15) is 0 Å². The van der Waals surface area contributed by atoms with E-state index in [0.29, 0.717) is 4.31 Å². The largest absolute Gasteiger partial charge is 0.361 e. The first-order valence-electron chi connectivity index (χ1n) is 2.31. The number of aliphatic imine (C=N–C) groups is 1. The van der Waals surface area contributed by atoms with Gasteiger partial charge in [0.15, 0.2) is 0 Å². The second kappa shape index (κ2) is 2.03. The Hall–Kier alpha value is -0.950. The molecule has 1 aliphatic rings. The van der Waals surface area contributed by atoms with Crippen LogP contribution in [0.3, 0.4) is 0 Å². The van der Waals surface area contributed by atoms with Crippen molar-refractivity contribution in [2.24, 2.45) is 4.99 Å². The van der Waals surface area contributed by atoms with Crippen molar-refractivity contribution in [1.82, 2.24) is 4.31 Å². The van der Waals surface area contributed by atoms with Gasteiger partial charge in [0, 0.05) is 0 Å². The van der Waals surface area contributed by atoms with Gasteiger partial charge in [-0.2, -0.15) is 8.42 Å². The fourth-order valence-corrected chi connectivity index (χ4v) is 0.925. The van der Waals surface area contributed by atoms with Gasteiger partial charge in [-0.1, -0.05) is 0 Å². The minimum absolute atomic E-state index is 0.404. The van der Waals surface area contributed by atoms with E-state index in [0.717, 1.165) is 6.34 Å². The lowest BCUT2D eigenvalue weighted by Crippen LogP contribution is -2.28. The molecule has 0 spiro atoms. The fourth-order valence-electron chi connectivity index (χ4n) is 0.485. The molecular formula is C3H4N2O4S. The van der Waals surface area contributed by atoms with Gasteiger partial charge in [-0.3, -0.25) is 9.35 Å². The summed E-state index contributed by atoms with van der Waals surface area (Å²) < 4.78 is 29.2. The van der Waals surface area contributed by atoms with Gasteiger partial charge in [0.25, 0.3) is 5.91 Å². The van der Waals surface area contributed by atoms with Crippen LogP contribution < -0.4 is 0 Å². The Labute approximate surface area is 57.0 Å². The smallest absolute Gasteiger partial charge is 0.270 e. The molecule has 0 aliphatic carbocycles. The van der Waals surface area contributed by atoms with Crippen LogP contribution >= 0.6 is 0 Å². The highest BCUT2D eigenvalue weighted by atomic mass is 32.2. The average molecular weight is 164 g/mol. The van der Waals surface area contributed by atoms with Gasteiger partial charge in [0.1, 0.15) is 12.9 Å². The van der Waals surface area contributed by atoms with Gasteiger partial charge < -0.3 is 0 Å². The quantitative estimate of drug-likeness (QED) is 0.486. The summed E-state index contributed by atoms with van der Waals surface area (Å²) in [5, 5.41) is 0. The van der Waals surface area contributed by atoms with Gasteiger partial charge in [-0.05, 0) is 0 Å². The van der Waals surface area contributed by atoms with Gasteiger partial charge in [0.2, 0.25) is 0 Å². The topological polar surface area (TPSA) is 87.0 Å². The lowest BCUT2D eigenvalue weighted by molar-refractivity contribution is -0.116. The molecule has 10 heavy (non-hydrogen) atoms. The van der Waals surface area contributed by atoms with Gasteiger partial charge in [0.05, 0.1) is 0 Å². The van der Waals surface area contributed by atoms with Crippen LogP contribution in [-0.2, 0) is 15.1 Å². The van der Waals surface area contributed by atoms with Crippen LogP contribution in [0.2, 0.25) is 0 Å². The van der Waals surface area contributed by atoms with Crippen LogP contribution in [0, 0.1) is 0 Å². The molecule has 0 fully saturated rings. The molecule has 0 aromatic rings. The number of nitrogens with zero attached hydrogens (tertiary/aromatic N) is 2. The van der Waals surface area contributed by atoms with Crippen LogP contribution in [0.15, 0.2) is 4.99 Å². The molecule has 0 aromatic heterocycles. The molecule has 0 saturated carbocycles. The number of carbonyl (C=O) groups is 1. The van der Waals surface area contributed by atoms with Crippen LogP contribution in [0.5, 0.6) is 0 Å². The molecule has 1 heterocycles. The van der Waals surface area contributed by atoms with E-state index in [9.17, 15) is 13.2 Å². The molecule has 1 N–H and O–H groups in total. The Morgan fingerprint density at radius 2 is 2.30 bits per heavy atom. The standard InChI is InChI=1S/C3H4N2O4S/c6-3-1-5(2-4-3)10(7,8)9/h2H,1H2,(H,7,8,9). The Balaban J connectivity index is 2.83. The third kappa shape index (κ3) is 1.31. The normalized spacial score (nSPS) is 18.5. The van der Waals surface area contributed by atoms with E-state index in [4.69, 9.17) is 4.55 Å². The van der Waals surface area contributed by atoms with E-state index in [1.165, 1.54) is 0 Å². The molecule has 1 amide bonds. The zero-order chi connectivity index (χ0) is 7.78. The number of rotatable bonds is 1. The number of amides is 1. The first-order valence-corrected chi connectivity index (χ1v) is 3.71. The molecule has 0 atom stereocenters. The Bertz CT molecular complexity index is 279. The molecule has 1 rings (SSSR count). The van der Waals surface area contributed by atoms with Crippen molar-refractivity contribution in [2.75, 3.05) is 6.54 Å². The molecule has 7 heteroatoms. The second-order valence-corrected chi connectivity index (χ2v) is 3.03. The molecule has 0 radical (unpaired) electrons. The van der Waals surface area contributed by atoms with E-state index in [2.05, 4.69) is 4.99 Å². The number of carbonyl (C=O) groups excluding carboxylic acids is 1. The third-order valence-electron chi connectivity index (χ3n) is 0.918. The second-order valence-electron chi connectivity index (χ2n) is 1.66. The van der Waals surface area contributed by atoms with E-state index < -0.39 is 22.8 Å². The summed E-state index contributed by atoms with van der Waals surface area (Å²) in [6.07, 6.45) is 0.775. The molecule has 0 aromatic carbocycles. The average Bonchev–Trinajstić information content (AvgIpc) is 2.11. The molecule has 0 bridgehead atoms. The maximum Gasteiger partial charge on any atom is 0.361 e. The predicted molar refractivity (Wildman–Crippen MR) is 31.8 cm³/mol. The zero-order valence-corrected chi connectivity index (χ0v) is 5.58. The monoisotopic (exact) mass is 164 g/mol. The predicted octanol–water partition coefficient (Wildman–Crippen LogP) is -1.34. The van der Waals surface area contributed by atoms with Crippen LogP contribution in [-0.4, -0.2) is 36.1 Å². The van der Waals surface area contributed by atoms with Crippen molar-refractivity contribution in [2.45, 2.75) is 0 Å². The van der Waals surface area contributed by atoms with Crippen LogP contribution in [0.4, 0.5) is 0 Å². The van der Waals surface area contributed by atoms with Gasteiger partial charge >= 0.3 is 10.3 Å². The highest BCUT2D eigenvalue weighted by Gasteiger charge is 2.22. The van der Waals surface area contributed by atoms with Crippen LogP contribution in [0.25, 0.3) is 0 Å². The molecule has 1 aliphatic heterocycles. The Kier molecular flexibility index (Phi) is 1.45. The summed E-state index contributed by atoms with van der Waals surface area (Å²) in [6, 6.07) is 0. The summed E-state index contributed by atoms with van der Waals surface area (Å²) in [7, 11) is -4.27. The van der Waals surface area contributed by atoms with Crippen molar-refractivity contribution >= 4 is 22.5 Å². The molecular weight excluding hydrogens is 160 g/mol. The van der Waals surface area contributed by atoms with E-state index in [1.54, 1.807) is 0 Å². The minimum atomic E-state index is -4.27. The minimum Gasteiger partial charge on any atom is -0.270 e. The summed E-state index contributed by atoms with van der Waals surface area (Å²) in [5.41, 5.74) is 0. The highest BCUT2D eigenvalue weighted by Crippen LogP contribution is 1.99. The summed E-state index contributed by atoms with van der Waals surface area (Å²) in [6.45, 7) is -0.404. The summed E-state index contributed by atoms with van der Waals surface area (Å²) >= 11 is 0. The number of hydrogen-bond donors (Lipinski definition) is 1. The third-order valence-corrected chi connectivity index (χ3v) is 1.73. The lowest BCUT2D eigenvalue weighted by atomic mass is 10.7. The van der Waals surface area contributed by atoms with E-state index >= 15 is 0 Å². The summed E-state index contributed by atoms with van der Waals surface area (Å²) in [5.74, 6) is -0.586. The van der Waals surface area contributed by atoms with Gasteiger partial charge in [-0.25, -0.2) is 9.30 Å². The molecule has 0 unspecified atom stereocenters. The highest BCUT2D eigenvalue weighted by molar-refractivity contribution is 7.83. The Morgan fingerprint density at radius 1 is 1.70 bits per heavy atom. The SMILES string of the molecule is O=C1CN(S(=O)(=O)O)C=N1. The summed E-state index contributed by atoms with van der Waals surface area (Å²) in [4.78, 5) is 13.4. The van der Waals surface area contributed by atoms with Crippen molar-refractivity contribution in [1.29, 1.82) is 0 Å². The van der Waals surface area contributed by atoms with Crippen molar-refractivity contribution in [3.63, 3.8) is 0 Å². The first kappa shape index (κ1) is 7.16. The number of hydrogen-bond acceptors (Lipinski definition) is 3. The molecule has 0 saturated heterocycles.